The lowest BCUT2D eigenvalue weighted by Gasteiger charge is -2.25. The molecule has 0 aliphatic carbocycles. The first-order chi connectivity index (χ1) is 10.1. The van der Waals surface area contributed by atoms with Gasteiger partial charge in [0.15, 0.2) is 0 Å². The fourth-order valence-electron chi connectivity index (χ4n) is 2.31. The van der Waals surface area contributed by atoms with Crippen LogP contribution in [0.2, 0.25) is 0 Å². The molecule has 0 aromatic carbocycles. The van der Waals surface area contributed by atoms with Gasteiger partial charge in [-0.3, -0.25) is 9.59 Å². The Hall–Kier alpha value is -2.24. The van der Waals surface area contributed by atoms with Crippen molar-refractivity contribution in [2.75, 3.05) is 0 Å². The van der Waals surface area contributed by atoms with Crippen molar-refractivity contribution in [2.24, 2.45) is 0 Å². The molecule has 0 saturated carbocycles. The van der Waals surface area contributed by atoms with E-state index in [2.05, 4.69) is 15.3 Å². The van der Waals surface area contributed by atoms with Gasteiger partial charge in [-0.1, -0.05) is 34.6 Å². The van der Waals surface area contributed by atoms with Crippen LogP contribution in [0.5, 0.6) is 0 Å². The van der Waals surface area contributed by atoms with Gasteiger partial charge in [0.05, 0.1) is 12.2 Å². The van der Waals surface area contributed by atoms with Crippen LogP contribution in [0.4, 0.5) is 0 Å². The molecule has 2 heterocycles. The molecule has 2 aromatic rings. The molecular weight excluding hydrogens is 280 g/mol. The van der Waals surface area contributed by atoms with Crippen molar-refractivity contribution < 1.29 is 0 Å². The molecule has 0 amide bonds. The van der Waals surface area contributed by atoms with Gasteiger partial charge >= 0.3 is 0 Å². The molecule has 0 spiro atoms. The normalized spacial score (nSPS) is 12.4. The summed E-state index contributed by atoms with van der Waals surface area (Å²) in [5.74, 6) is 0. The minimum atomic E-state index is -0.433. The summed E-state index contributed by atoms with van der Waals surface area (Å²) in [5.41, 5.74) is 0.437. The molecule has 0 fully saturated rings. The third kappa shape index (κ3) is 3.32. The Bertz CT molecular complexity index is 761. The van der Waals surface area contributed by atoms with Crippen molar-refractivity contribution in [1.29, 1.82) is 0 Å². The second kappa shape index (κ2) is 5.51. The van der Waals surface area contributed by atoms with Crippen molar-refractivity contribution >= 4 is 0 Å². The third-order valence-corrected chi connectivity index (χ3v) is 3.64. The number of H-pyrrole nitrogens is 1. The zero-order valence-electron chi connectivity index (χ0n) is 13.7. The van der Waals surface area contributed by atoms with Gasteiger partial charge in [-0.05, 0) is 17.5 Å². The van der Waals surface area contributed by atoms with Crippen molar-refractivity contribution in [2.45, 2.75) is 52.0 Å². The lowest BCUT2D eigenvalue weighted by atomic mass is 9.87. The van der Waals surface area contributed by atoms with Crippen LogP contribution in [-0.4, -0.2) is 20.0 Å². The number of hydrogen-bond donors (Lipinski definition) is 1. The highest BCUT2D eigenvalue weighted by atomic mass is 16.1. The molecule has 2 rings (SSSR count). The molecule has 0 unspecified atom stereocenters. The highest BCUT2D eigenvalue weighted by Crippen LogP contribution is 2.22. The van der Waals surface area contributed by atoms with Gasteiger partial charge in [0.2, 0.25) is 0 Å². The van der Waals surface area contributed by atoms with Crippen LogP contribution >= 0.6 is 0 Å². The molecule has 118 valence electrons. The first-order valence-corrected chi connectivity index (χ1v) is 7.24. The molecule has 0 atom stereocenters. The number of aromatic nitrogens is 4. The zero-order valence-corrected chi connectivity index (χ0v) is 13.7. The van der Waals surface area contributed by atoms with E-state index < -0.39 is 5.41 Å². The smallest absolute Gasteiger partial charge is 0.268 e. The summed E-state index contributed by atoms with van der Waals surface area (Å²) in [5, 5.41) is 10.7. The Balaban J connectivity index is 2.40. The Kier molecular flexibility index (Phi) is 4.04. The van der Waals surface area contributed by atoms with Gasteiger partial charge in [0.1, 0.15) is 0 Å². The van der Waals surface area contributed by atoms with Crippen LogP contribution in [0.15, 0.2) is 34.0 Å². The molecule has 0 bridgehead atoms. The average Bonchev–Trinajstić information content (AvgIpc) is 2.40. The molecular formula is C16H22N4O2. The summed E-state index contributed by atoms with van der Waals surface area (Å²) in [4.78, 5) is 23.7. The summed E-state index contributed by atoms with van der Waals surface area (Å²) in [6.45, 7) is 10.3. The van der Waals surface area contributed by atoms with Crippen LogP contribution in [0.1, 0.15) is 45.9 Å². The first kappa shape index (κ1) is 16.1. The highest BCUT2D eigenvalue weighted by Gasteiger charge is 2.26. The number of nitrogens with zero attached hydrogens (tertiary/aromatic N) is 3. The standard InChI is InChI=1S/C16H22N4O2/c1-15(2,3)11-8-9-17-20(14(11)22)10-16(4,5)12-6-7-13(21)19-18-12/h6-9H,10H2,1-5H3,(H,19,21). The first-order valence-electron chi connectivity index (χ1n) is 7.24. The van der Waals surface area contributed by atoms with Gasteiger partial charge in [0.25, 0.3) is 11.1 Å². The maximum absolute atomic E-state index is 12.6. The fourth-order valence-corrected chi connectivity index (χ4v) is 2.31. The maximum Gasteiger partial charge on any atom is 0.270 e. The molecule has 0 aliphatic heterocycles. The number of rotatable bonds is 3. The second-order valence-corrected chi connectivity index (χ2v) is 7.15. The highest BCUT2D eigenvalue weighted by molar-refractivity contribution is 5.18. The minimum Gasteiger partial charge on any atom is -0.268 e. The van der Waals surface area contributed by atoms with Crippen molar-refractivity contribution in [1.82, 2.24) is 20.0 Å². The van der Waals surface area contributed by atoms with Crippen LogP contribution in [0.25, 0.3) is 0 Å². The largest absolute Gasteiger partial charge is 0.270 e. The van der Waals surface area contributed by atoms with Crippen LogP contribution in [0, 0.1) is 0 Å². The Labute approximate surface area is 129 Å². The molecule has 6 nitrogen and oxygen atoms in total. The molecule has 0 radical (unpaired) electrons. The average molecular weight is 302 g/mol. The summed E-state index contributed by atoms with van der Waals surface area (Å²) in [7, 11) is 0. The molecule has 1 N–H and O–H groups in total. The van der Waals surface area contributed by atoms with Gasteiger partial charge in [0, 0.05) is 23.2 Å². The molecule has 6 heteroatoms. The van der Waals surface area contributed by atoms with Crippen LogP contribution in [0.3, 0.4) is 0 Å². The zero-order chi connectivity index (χ0) is 16.5. The van der Waals surface area contributed by atoms with E-state index >= 15 is 0 Å². The number of hydrogen-bond acceptors (Lipinski definition) is 4. The Morgan fingerprint density at radius 3 is 2.32 bits per heavy atom. The topological polar surface area (TPSA) is 80.6 Å². The quantitative estimate of drug-likeness (QED) is 0.934. The van der Waals surface area contributed by atoms with E-state index in [-0.39, 0.29) is 16.5 Å². The summed E-state index contributed by atoms with van der Waals surface area (Å²) < 4.78 is 1.47. The SMILES string of the molecule is CC(C)(C)c1ccnn(CC(C)(C)c2ccc(=O)[nH]n2)c1=O. The van der Waals surface area contributed by atoms with E-state index in [0.717, 1.165) is 5.56 Å². The van der Waals surface area contributed by atoms with Crippen LogP contribution in [-0.2, 0) is 17.4 Å². The molecule has 0 saturated heterocycles. The summed E-state index contributed by atoms with van der Waals surface area (Å²) >= 11 is 0. The summed E-state index contributed by atoms with van der Waals surface area (Å²) in [6, 6.07) is 4.88. The monoisotopic (exact) mass is 302 g/mol. The third-order valence-electron chi connectivity index (χ3n) is 3.64. The predicted molar refractivity (Wildman–Crippen MR) is 85.1 cm³/mol. The minimum absolute atomic E-state index is 0.0903. The lowest BCUT2D eigenvalue weighted by molar-refractivity contribution is 0.378. The Morgan fingerprint density at radius 1 is 1.09 bits per heavy atom. The van der Waals surface area contributed by atoms with Gasteiger partial charge in [-0.15, -0.1) is 0 Å². The second-order valence-electron chi connectivity index (χ2n) is 7.15. The van der Waals surface area contributed by atoms with E-state index in [1.54, 1.807) is 18.3 Å². The van der Waals surface area contributed by atoms with E-state index in [1.807, 2.05) is 34.6 Å². The Morgan fingerprint density at radius 2 is 1.77 bits per heavy atom. The van der Waals surface area contributed by atoms with Gasteiger partial charge < -0.3 is 0 Å². The lowest BCUT2D eigenvalue weighted by Crippen LogP contribution is -2.37. The molecule has 0 aliphatic rings. The van der Waals surface area contributed by atoms with E-state index in [0.29, 0.717) is 12.2 Å². The summed E-state index contributed by atoms with van der Waals surface area (Å²) in [6.07, 6.45) is 1.65. The number of nitrogens with one attached hydrogen (secondary N) is 1. The van der Waals surface area contributed by atoms with Gasteiger partial charge in [-0.25, -0.2) is 9.78 Å². The van der Waals surface area contributed by atoms with E-state index in [4.69, 9.17) is 0 Å². The van der Waals surface area contributed by atoms with E-state index in [1.165, 1.54) is 10.7 Å². The van der Waals surface area contributed by atoms with Crippen molar-refractivity contribution in [3.63, 3.8) is 0 Å². The maximum atomic E-state index is 12.6. The fraction of sp³-hybridized carbons (Fsp3) is 0.500. The van der Waals surface area contributed by atoms with E-state index in [9.17, 15) is 9.59 Å². The van der Waals surface area contributed by atoms with Crippen molar-refractivity contribution in [3.05, 3.63) is 56.4 Å². The van der Waals surface area contributed by atoms with Gasteiger partial charge in [-0.2, -0.15) is 10.2 Å². The van der Waals surface area contributed by atoms with Crippen molar-refractivity contribution in [3.8, 4) is 0 Å². The van der Waals surface area contributed by atoms with Crippen LogP contribution < -0.4 is 11.1 Å². The number of aromatic amines is 1. The molecule has 2 aromatic heterocycles. The molecule has 22 heavy (non-hydrogen) atoms. The predicted octanol–water partition coefficient (Wildman–Crippen LogP) is 1.60.